The minimum Gasteiger partial charge on any atom is -0.497 e. The SMILES string of the molecule is CCCCCN(C(=O)c1cccc(OC)c1)C(CC)c1nc2ccccc2c(=O)n1C. The molecule has 0 aliphatic carbocycles. The molecule has 31 heavy (non-hydrogen) atoms. The van der Waals surface area contributed by atoms with Crippen LogP contribution < -0.4 is 10.3 Å². The molecular weight excluding hydrogens is 390 g/mol. The summed E-state index contributed by atoms with van der Waals surface area (Å²) in [5.41, 5.74) is 1.13. The monoisotopic (exact) mass is 421 g/mol. The number of ether oxygens (including phenoxy) is 1. The first kappa shape index (κ1) is 22.5. The number of benzene rings is 2. The number of unbranched alkanes of at least 4 members (excludes halogenated alkanes) is 2. The smallest absolute Gasteiger partial charge is 0.261 e. The number of methoxy groups -OCH3 is 1. The first-order chi connectivity index (χ1) is 15.0. The van der Waals surface area contributed by atoms with Crippen LogP contribution in [0.2, 0.25) is 0 Å². The summed E-state index contributed by atoms with van der Waals surface area (Å²) in [6.07, 6.45) is 3.64. The summed E-state index contributed by atoms with van der Waals surface area (Å²) in [5.74, 6) is 1.17. The molecule has 3 rings (SSSR count). The fourth-order valence-electron chi connectivity index (χ4n) is 3.93. The molecule has 2 aromatic carbocycles. The van der Waals surface area contributed by atoms with Gasteiger partial charge in [-0.2, -0.15) is 0 Å². The molecule has 0 radical (unpaired) electrons. The number of amides is 1. The van der Waals surface area contributed by atoms with Gasteiger partial charge in [0.25, 0.3) is 11.5 Å². The summed E-state index contributed by atoms with van der Waals surface area (Å²) >= 11 is 0. The minimum atomic E-state index is -0.308. The predicted molar refractivity (Wildman–Crippen MR) is 124 cm³/mol. The van der Waals surface area contributed by atoms with Gasteiger partial charge in [0.15, 0.2) is 0 Å². The summed E-state index contributed by atoms with van der Waals surface area (Å²) in [6, 6.07) is 14.2. The van der Waals surface area contributed by atoms with Crippen LogP contribution in [-0.4, -0.2) is 34.0 Å². The number of aromatic nitrogens is 2. The zero-order chi connectivity index (χ0) is 22.4. The topological polar surface area (TPSA) is 64.4 Å². The van der Waals surface area contributed by atoms with Gasteiger partial charge in [0.1, 0.15) is 11.6 Å². The van der Waals surface area contributed by atoms with Crippen LogP contribution in [0, 0.1) is 0 Å². The van der Waals surface area contributed by atoms with E-state index in [-0.39, 0.29) is 17.5 Å². The Morgan fingerprint density at radius 3 is 2.61 bits per heavy atom. The van der Waals surface area contributed by atoms with E-state index in [9.17, 15) is 9.59 Å². The lowest BCUT2D eigenvalue weighted by molar-refractivity contribution is 0.0653. The molecule has 0 aliphatic rings. The van der Waals surface area contributed by atoms with E-state index < -0.39 is 0 Å². The molecular formula is C25H31N3O3. The number of para-hydroxylation sites is 1. The van der Waals surface area contributed by atoms with Gasteiger partial charge in [-0.1, -0.05) is 44.9 Å². The van der Waals surface area contributed by atoms with Gasteiger partial charge in [0, 0.05) is 19.2 Å². The van der Waals surface area contributed by atoms with Crippen molar-refractivity contribution in [2.24, 2.45) is 7.05 Å². The van der Waals surface area contributed by atoms with Crippen molar-refractivity contribution in [1.82, 2.24) is 14.5 Å². The van der Waals surface area contributed by atoms with Crippen LogP contribution in [0.4, 0.5) is 0 Å². The highest BCUT2D eigenvalue weighted by atomic mass is 16.5. The van der Waals surface area contributed by atoms with Crippen molar-refractivity contribution < 1.29 is 9.53 Å². The van der Waals surface area contributed by atoms with Gasteiger partial charge in [-0.25, -0.2) is 4.98 Å². The Balaban J connectivity index is 2.08. The minimum absolute atomic E-state index is 0.0794. The third kappa shape index (κ3) is 4.79. The fourth-order valence-corrected chi connectivity index (χ4v) is 3.93. The van der Waals surface area contributed by atoms with Gasteiger partial charge < -0.3 is 9.64 Å². The summed E-state index contributed by atoms with van der Waals surface area (Å²) in [5, 5.41) is 0.584. The molecule has 0 aliphatic heterocycles. The van der Waals surface area contributed by atoms with Crippen LogP contribution in [0.5, 0.6) is 5.75 Å². The third-order valence-electron chi connectivity index (χ3n) is 5.66. The fraction of sp³-hybridized carbons (Fsp3) is 0.400. The zero-order valence-electron chi connectivity index (χ0n) is 18.8. The maximum Gasteiger partial charge on any atom is 0.261 e. The molecule has 1 atom stereocenters. The molecule has 0 bridgehead atoms. The van der Waals surface area contributed by atoms with Gasteiger partial charge >= 0.3 is 0 Å². The third-order valence-corrected chi connectivity index (χ3v) is 5.66. The molecule has 6 nitrogen and oxygen atoms in total. The van der Waals surface area contributed by atoms with Crippen LogP contribution >= 0.6 is 0 Å². The van der Waals surface area contributed by atoms with Crippen molar-refractivity contribution in [3.8, 4) is 5.75 Å². The van der Waals surface area contributed by atoms with E-state index in [2.05, 4.69) is 6.92 Å². The molecule has 1 heterocycles. The summed E-state index contributed by atoms with van der Waals surface area (Å²) in [4.78, 5) is 33.2. The largest absolute Gasteiger partial charge is 0.497 e. The van der Waals surface area contributed by atoms with E-state index >= 15 is 0 Å². The van der Waals surface area contributed by atoms with Crippen molar-refractivity contribution in [2.75, 3.05) is 13.7 Å². The maximum absolute atomic E-state index is 13.6. The second kappa shape index (κ2) is 10.2. The molecule has 1 aromatic heterocycles. The van der Waals surface area contributed by atoms with Crippen molar-refractivity contribution in [3.05, 3.63) is 70.3 Å². The summed E-state index contributed by atoms with van der Waals surface area (Å²) in [6.45, 7) is 4.77. The molecule has 0 N–H and O–H groups in total. The number of hydrogen-bond donors (Lipinski definition) is 0. The zero-order valence-corrected chi connectivity index (χ0v) is 18.8. The maximum atomic E-state index is 13.6. The van der Waals surface area contributed by atoms with E-state index in [4.69, 9.17) is 9.72 Å². The molecule has 0 saturated carbocycles. The Hall–Kier alpha value is -3.15. The van der Waals surface area contributed by atoms with E-state index in [0.29, 0.717) is 41.0 Å². The Bertz CT molecular complexity index is 1110. The van der Waals surface area contributed by atoms with Gasteiger partial charge in [-0.05, 0) is 43.2 Å². The second-order valence-electron chi connectivity index (χ2n) is 7.71. The highest BCUT2D eigenvalue weighted by Gasteiger charge is 2.28. The Labute approximate surface area is 183 Å². The Morgan fingerprint density at radius 1 is 1.13 bits per heavy atom. The van der Waals surface area contributed by atoms with Crippen molar-refractivity contribution >= 4 is 16.8 Å². The van der Waals surface area contributed by atoms with Gasteiger partial charge in [-0.3, -0.25) is 14.2 Å². The first-order valence-electron chi connectivity index (χ1n) is 10.9. The number of fused-ring (bicyclic) bond motifs is 1. The van der Waals surface area contributed by atoms with Crippen LogP contribution in [0.1, 0.15) is 61.8 Å². The predicted octanol–water partition coefficient (Wildman–Crippen LogP) is 4.73. The molecule has 3 aromatic rings. The average molecular weight is 422 g/mol. The summed E-state index contributed by atoms with van der Waals surface area (Å²) in [7, 11) is 3.33. The van der Waals surface area contributed by atoms with E-state index in [1.165, 1.54) is 0 Å². The van der Waals surface area contributed by atoms with Crippen LogP contribution in [0.3, 0.4) is 0 Å². The van der Waals surface area contributed by atoms with Gasteiger partial charge in [0.2, 0.25) is 0 Å². The van der Waals surface area contributed by atoms with Gasteiger partial charge in [0.05, 0.1) is 24.1 Å². The van der Waals surface area contributed by atoms with Crippen molar-refractivity contribution in [2.45, 2.75) is 45.6 Å². The lowest BCUT2D eigenvalue weighted by atomic mass is 10.1. The lowest BCUT2D eigenvalue weighted by Gasteiger charge is -2.32. The number of rotatable bonds is 9. The van der Waals surface area contributed by atoms with Gasteiger partial charge in [-0.15, -0.1) is 0 Å². The Kier molecular flexibility index (Phi) is 7.45. The Morgan fingerprint density at radius 2 is 1.90 bits per heavy atom. The van der Waals surface area contributed by atoms with E-state index in [0.717, 1.165) is 19.3 Å². The standard InChI is InChI=1S/C25H31N3O3/c1-5-7-10-16-28(24(29)18-12-11-13-19(17-18)31-4)22(6-2)23-26-21-15-9-8-14-20(21)25(30)27(23)3/h8-9,11-15,17,22H,5-7,10,16H2,1-4H3. The molecule has 6 heteroatoms. The lowest BCUT2D eigenvalue weighted by Crippen LogP contribution is -2.39. The second-order valence-corrected chi connectivity index (χ2v) is 7.71. The molecule has 0 fully saturated rings. The quantitative estimate of drug-likeness (QED) is 0.469. The molecule has 1 amide bonds. The van der Waals surface area contributed by atoms with E-state index in [1.807, 2.05) is 42.2 Å². The normalized spacial score (nSPS) is 12.0. The molecule has 0 saturated heterocycles. The highest BCUT2D eigenvalue weighted by molar-refractivity contribution is 5.95. The van der Waals surface area contributed by atoms with Crippen LogP contribution in [0.15, 0.2) is 53.3 Å². The number of nitrogens with zero attached hydrogens (tertiary/aromatic N) is 3. The average Bonchev–Trinajstić information content (AvgIpc) is 2.81. The van der Waals surface area contributed by atoms with E-state index in [1.54, 1.807) is 36.9 Å². The molecule has 1 unspecified atom stereocenters. The molecule has 164 valence electrons. The van der Waals surface area contributed by atoms with Crippen LogP contribution in [-0.2, 0) is 7.05 Å². The van der Waals surface area contributed by atoms with Crippen molar-refractivity contribution in [3.63, 3.8) is 0 Å². The highest BCUT2D eigenvalue weighted by Crippen LogP contribution is 2.27. The number of carbonyl (C=O) groups excluding carboxylic acids is 1. The van der Waals surface area contributed by atoms with Crippen molar-refractivity contribution in [1.29, 1.82) is 0 Å². The summed E-state index contributed by atoms with van der Waals surface area (Å²) < 4.78 is 6.89. The number of carbonyl (C=O) groups is 1. The number of hydrogen-bond acceptors (Lipinski definition) is 4. The first-order valence-corrected chi connectivity index (χ1v) is 10.9. The van der Waals surface area contributed by atoms with Crippen LogP contribution in [0.25, 0.3) is 10.9 Å². The molecule has 0 spiro atoms.